The highest BCUT2D eigenvalue weighted by Gasteiger charge is 2.38. The molecule has 2 atom stereocenters. The lowest BCUT2D eigenvalue weighted by Crippen LogP contribution is -2.42. The van der Waals surface area contributed by atoms with Crippen LogP contribution in [0.25, 0.3) is 11.3 Å². The van der Waals surface area contributed by atoms with Gasteiger partial charge in [-0.25, -0.2) is 9.18 Å². The molecule has 0 saturated carbocycles. The topological polar surface area (TPSA) is 69.2 Å². The summed E-state index contributed by atoms with van der Waals surface area (Å²) in [4.78, 5) is 11.4. The molecule has 5 nitrogen and oxygen atoms in total. The quantitative estimate of drug-likeness (QED) is 0.393. The van der Waals surface area contributed by atoms with E-state index < -0.39 is 12.1 Å². The number of rotatable bonds is 4. The number of carboxylic acids is 1. The first-order chi connectivity index (χ1) is 16.5. The molecule has 1 fully saturated rings. The van der Waals surface area contributed by atoms with E-state index in [1.807, 2.05) is 36.4 Å². The Bertz CT molecular complexity index is 1110. The Labute approximate surface area is 205 Å². The highest BCUT2D eigenvalue weighted by molar-refractivity contribution is 6.30. The lowest BCUT2D eigenvalue weighted by Gasteiger charge is -2.40. The van der Waals surface area contributed by atoms with Gasteiger partial charge in [0, 0.05) is 29.4 Å². The second-order valence-corrected chi connectivity index (χ2v) is 9.09. The van der Waals surface area contributed by atoms with Gasteiger partial charge in [0.1, 0.15) is 5.82 Å². The smallest absolute Gasteiger partial charge is 0.475 e. The van der Waals surface area contributed by atoms with Crippen molar-refractivity contribution < 1.29 is 27.5 Å². The molecule has 4 rings (SSSR count). The van der Waals surface area contributed by atoms with E-state index in [-0.39, 0.29) is 11.7 Å². The Hall–Kier alpha value is -2.91. The number of nitrogens with zero attached hydrogens (tertiary/aromatic N) is 2. The maximum absolute atomic E-state index is 13.5. The summed E-state index contributed by atoms with van der Waals surface area (Å²) in [7, 11) is 0. The molecule has 1 saturated heterocycles. The van der Waals surface area contributed by atoms with Crippen molar-refractivity contribution in [3.05, 3.63) is 76.7 Å². The molecule has 0 bridgehead atoms. The molecule has 1 aliphatic rings. The summed E-state index contributed by atoms with van der Waals surface area (Å²) in [6.07, 6.45) is -4.05. The average molecular weight is 512 g/mol. The van der Waals surface area contributed by atoms with Gasteiger partial charge in [-0.3, -0.25) is 5.10 Å². The van der Waals surface area contributed by atoms with Crippen LogP contribution < -0.4 is 0 Å². The number of benzene rings is 2. The third-order valence-electron chi connectivity index (χ3n) is 6.05. The molecular formula is C25H26ClF4N3O2. The number of aliphatic carboxylic acids is 1. The minimum Gasteiger partial charge on any atom is -0.475 e. The molecule has 3 aromatic rings. The fraction of sp³-hybridized carbons (Fsp3) is 0.360. The van der Waals surface area contributed by atoms with E-state index in [9.17, 15) is 17.6 Å². The molecule has 2 aromatic carbocycles. The first-order valence-corrected chi connectivity index (χ1v) is 11.4. The van der Waals surface area contributed by atoms with Gasteiger partial charge in [-0.2, -0.15) is 18.3 Å². The zero-order valence-corrected chi connectivity index (χ0v) is 19.9. The summed E-state index contributed by atoms with van der Waals surface area (Å²) in [5.74, 6) is -2.36. The van der Waals surface area contributed by atoms with Crippen LogP contribution in [0, 0.1) is 5.82 Å². The van der Waals surface area contributed by atoms with Gasteiger partial charge in [0.2, 0.25) is 0 Å². The summed E-state index contributed by atoms with van der Waals surface area (Å²) in [5, 5.41) is 15.7. The van der Waals surface area contributed by atoms with Crippen molar-refractivity contribution >= 4 is 17.6 Å². The molecule has 2 heterocycles. The Morgan fingerprint density at radius 1 is 1.11 bits per heavy atom. The van der Waals surface area contributed by atoms with E-state index >= 15 is 0 Å². The number of H-pyrrole nitrogens is 1. The van der Waals surface area contributed by atoms with E-state index in [4.69, 9.17) is 21.5 Å². The number of carbonyl (C=O) groups is 1. The van der Waals surface area contributed by atoms with Crippen LogP contribution in [-0.2, 0) is 4.79 Å². The van der Waals surface area contributed by atoms with Crippen LogP contribution >= 0.6 is 11.6 Å². The molecule has 2 N–H and O–H groups in total. The van der Waals surface area contributed by atoms with Crippen LogP contribution in [-0.4, -0.2) is 51.5 Å². The molecule has 0 amide bonds. The first kappa shape index (κ1) is 26.7. The van der Waals surface area contributed by atoms with Crippen molar-refractivity contribution in [3.63, 3.8) is 0 Å². The predicted molar refractivity (Wildman–Crippen MR) is 126 cm³/mol. The third-order valence-corrected chi connectivity index (χ3v) is 6.30. The maximum atomic E-state index is 13.5. The Morgan fingerprint density at radius 2 is 1.71 bits per heavy atom. The number of piperidine rings is 1. The second-order valence-electron chi connectivity index (χ2n) is 8.66. The van der Waals surface area contributed by atoms with E-state index in [1.54, 1.807) is 12.1 Å². The molecule has 2 unspecified atom stereocenters. The Kier molecular flexibility index (Phi) is 8.56. The van der Waals surface area contributed by atoms with Crippen LogP contribution in [0.5, 0.6) is 0 Å². The van der Waals surface area contributed by atoms with Crippen molar-refractivity contribution in [2.45, 2.75) is 44.3 Å². The van der Waals surface area contributed by atoms with Gasteiger partial charge in [-0.05, 0) is 68.3 Å². The number of carboxylic acid groups (broad SMARTS) is 1. The number of alkyl halides is 3. The van der Waals surface area contributed by atoms with Crippen LogP contribution in [0.15, 0.2) is 54.6 Å². The zero-order valence-electron chi connectivity index (χ0n) is 19.2. The minimum absolute atomic E-state index is 0.193. The number of hydrogen-bond acceptors (Lipinski definition) is 3. The molecular weight excluding hydrogens is 486 g/mol. The molecule has 0 radical (unpaired) electrons. The largest absolute Gasteiger partial charge is 0.490 e. The molecule has 188 valence electrons. The lowest BCUT2D eigenvalue weighted by molar-refractivity contribution is -0.192. The van der Waals surface area contributed by atoms with Crippen LogP contribution in [0.1, 0.15) is 43.4 Å². The Morgan fingerprint density at radius 3 is 2.26 bits per heavy atom. The number of nitrogens with one attached hydrogen (secondary N) is 1. The van der Waals surface area contributed by atoms with Crippen LogP contribution in [0.4, 0.5) is 17.6 Å². The van der Waals surface area contributed by atoms with Crippen molar-refractivity contribution in [2.75, 3.05) is 13.1 Å². The number of halogens is 5. The molecule has 10 heteroatoms. The zero-order chi connectivity index (χ0) is 25.8. The van der Waals surface area contributed by atoms with Crippen molar-refractivity contribution in [1.82, 2.24) is 15.1 Å². The summed E-state index contributed by atoms with van der Waals surface area (Å²) in [6.45, 7) is 6.46. The Balaban J connectivity index is 0.000000429. The van der Waals surface area contributed by atoms with Crippen LogP contribution in [0.2, 0.25) is 5.02 Å². The van der Waals surface area contributed by atoms with Gasteiger partial charge in [-0.1, -0.05) is 35.9 Å². The van der Waals surface area contributed by atoms with Crippen molar-refractivity contribution in [1.29, 1.82) is 0 Å². The van der Waals surface area contributed by atoms with Gasteiger partial charge >= 0.3 is 12.1 Å². The summed E-state index contributed by atoms with van der Waals surface area (Å²) < 4.78 is 45.2. The van der Waals surface area contributed by atoms with Gasteiger partial charge < -0.3 is 10.0 Å². The normalized spacial score (nSPS) is 18.7. The third kappa shape index (κ3) is 7.05. The van der Waals surface area contributed by atoms with Gasteiger partial charge in [0.15, 0.2) is 0 Å². The number of aromatic nitrogens is 2. The molecule has 35 heavy (non-hydrogen) atoms. The number of hydrogen-bond donors (Lipinski definition) is 2. The molecule has 1 aromatic heterocycles. The first-order valence-electron chi connectivity index (χ1n) is 11.1. The van der Waals surface area contributed by atoms with E-state index in [1.165, 1.54) is 5.56 Å². The van der Waals surface area contributed by atoms with Crippen molar-refractivity contribution in [2.24, 2.45) is 0 Å². The maximum Gasteiger partial charge on any atom is 0.490 e. The van der Waals surface area contributed by atoms with E-state index in [2.05, 4.69) is 35.0 Å². The SMILES string of the molecule is CC(C)N1CCC(c2cc(-c3ccc(Cl)cc3)[nH]n2)C(c2ccc(F)cc2)C1.O=C(O)C(F)(F)F. The fourth-order valence-corrected chi connectivity index (χ4v) is 4.28. The fourth-order valence-electron chi connectivity index (χ4n) is 4.15. The molecule has 1 aliphatic heterocycles. The van der Waals surface area contributed by atoms with E-state index in [0.29, 0.717) is 12.0 Å². The van der Waals surface area contributed by atoms with Crippen LogP contribution in [0.3, 0.4) is 0 Å². The monoisotopic (exact) mass is 511 g/mol. The van der Waals surface area contributed by atoms with Crippen molar-refractivity contribution in [3.8, 4) is 11.3 Å². The highest BCUT2D eigenvalue weighted by atomic mass is 35.5. The van der Waals surface area contributed by atoms with E-state index in [0.717, 1.165) is 41.5 Å². The molecule has 0 aliphatic carbocycles. The second kappa shape index (κ2) is 11.2. The minimum atomic E-state index is -5.08. The average Bonchev–Trinajstić information content (AvgIpc) is 3.29. The summed E-state index contributed by atoms with van der Waals surface area (Å²) >= 11 is 6.01. The summed E-state index contributed by atoms with van der Waals surface area (Å²) in [5.41, 5.74) is 4.31. The highest BCUT2D eigenvalue weighted by Crippen LogP contribution is 2.40. The van der Waals surface area contributed by atoms with Gasteiger partial charge in [-0.15, -0.1) is 0 Å². The number of likely N-dealkylation sites (tertiary alicyclic amines) is 1. The standard InChI is InChI=1S/C23H25ClFN3.C2HF3O2/c1-15(2)28-12-11-20(21(14-28)16-5-9-19(25)10-6-16)23-13-22(26-27-23)17-3-7-18(24)8-4-17;3-2(4,5)1(6)7/h3-10,13,15,20-21H,11-12,14H2,1-2H3,(H,26,27);(H,6,7). The van der Waals surface area contributed by atoms with Gasteiger partial charge in [0.25, 0.3) is 0 Å². The summed E-state index contributed by atoms with van der Waals surface area (Å²) in [6, 6.07) is 17.4. The molecule has 0 spiro atoms. The van der Waals surface area contributed by atoms with Gasteiger partial charge in [0.05, 0.1) is 11.4 Å². The lowest BCUT2D eigenvalue weighted by atomic mass is 9.78. The number of aromatic amines is 1. The predicted octanol–water partition coefficient (Wildman–Crippen LogP) is 6.48.